The highest BCUT2D eigenvalue weighted by Gasteiger charge is 2.25. The van der Waals surface area contributed by atoms with E-state index in [0.29, 0.717) is 28.1 Å². The number of ether oxygens (including phenoxy) is 2. The second kappa shape index (κ2) is 13.9. The minimum absolute atomic E-state index is 0.0306. The lowest BCUT2D eigenvalue weighted by molar-refractivity contribution is 0.0473. The molecule has 5 N–H and O–H groups in total. The lowest BCUT2D eigenvalue weighted by atomic mass is 9.87. The third-order valence-electron chi connectivity index (χ3n) is 7.58. The molecule has 0 radical (unpaired) electrons. The van der Waals surface area contributed by atoms with Gasteiger partial charge in [0.1, 0.15) is 18.2 Å². The zero-order valence-corrected chi connectivity index (χ0v) is 26.1. The van der Waals surface area contributed by atoms with Gasteiger partial charge in [0.25, 0.3) is 11.8 Å². The number of nitrogen functional groups attached to an aromatic ring is 1. The molecule has 0 aliphatic heterocycles. The number of amidine groups is 1. The molecule has 9 heteroatoms. The van der Waals surface area contributed by atoms with E-state index in [1.807, 2.05) is 58.0 Å². The number of carbonyl (C=O) groups excluding carboxylic acids is 3. The van der Waals surface area contributed by atoms with Gasteiger partial charge in [-0.1, -0.05) is 57.2 Å². The summed E-state index contributed by atoms with van der Waals surface area (Å²) in [5.41, 5.74) is 8.70. The molecule has 0 aliphatic rings. The first-order chi connectivity index (χ1) is 21.4. The largest absolute Gasteiger partial charge is 0.497 e. The fourth-order valence-corrected chi connectivity index (χ4v) is 4.39. The number of methoxy groups -OCH3 is 1. The fourth-order valence-electron chi connectivity index (χ4n) is 4.39. The number of hydrogen-bond acceptors (Lipinski definition) is 6. The molecule has 0 fully saturated rings. The predicted octanol–water partition coefficient (Wildman–Crippen LogP) is 6.42. The zero-order valence-electron chi connectivity index (χ0n) is 26.1. The Morgan fingerprint density at radius 1 is 0.822 bits per heavy atom. The summed E-state index contributed by atoms with van der Waals surface area (Å²) in [7, 11) is 1.50. The second-order valence-electron chi connectivity index (χ2n) is 11.7. The normalized spacial score (nSPS) is 11.7. The maximum atomic E-state index is 13.7. The van der Waals surface area contributed by atoms with Gasteiger partial charge in [-0.3, -0.25) is 15.0 Å². The molecule has 0 saturated carbocycles. The van der Waals surface area contributed by atoms with E-state index in [0.717, 1.165) is 5.56 Å². The van der Waals surface area contributed by atoms with Gasteiger partial charge in [-0.15, -0.1) is 0 Å². The van der Waals surface area contributed by atoms with Crippen molar-refractivity contribution in [2.45, 2.75) is 40.3 Å². The van der Waals surface area contributed by atoms with E-state index in [-0.39, 0.29) is 46.5 Å². The molecule has 4 aromatic rings. The van der Waals surface area contributed by atoms with Crippen LogP contribution in [0.2, 0.25) is 0 Å². The smallest absolute Gasteiger partial charge is 0.339 e. The number of hydrogen-bond donors (Lipinski definition) is 4. The van der Waals surface area contributed by atoms with Gasteiger partial charge in [0.05, 0.1) is 18.2 Å². The number of esters is 1. The minimum Gasteiger partial charge on any atom is -0.497 e. The Kier molecular flexibility index (Phi) is 10.0. The van der Waals surface area contributed by atoms with Crippen molar-refractivity contribution in [2.75, 3.05) is 12.4 Å². The SMILES string of the molecule is COc1ccc(-c2ccc(C(=O)NC(C)C(C)(C)C)cc2C(=O)OCc2ccccc2)c(C(=O)Nc2ccc(C(=N)N)cc2)c1. The van der Waals surface area contributed by atoms with E-state index in [1.165, 1.54) is 13.2 Å². The number of benzene rings is 4. The molecule has 0 spiro atoms. The highest BCUT2D eigenvalue weighted by atomic mass is 16.5. The molecule has 0 bridgehead atoms. The van der Waals surface area contributed by atoms with Crippen LogP contribution in [0.5, 0.6) is 5.75 Å². The lowest BCUT2D eigenvalue weighted by Gasteiger charge is -2.28. The van der Waals surface area contributed by atoms with Crippen molar-refractivity contribution in [1.82, 2.24) is 5.32 Å². The molecule has 4 aromatic carbocycles. The van der Waals surface area contributed by atoms with E-state index in [4.69, 9.17) is 20.6 Å². The molecule has 45 heavy (non-hydrogen) atoms. The Morgan fingerprint density at radius 2 is 1.44 bits per heavy atom. The highest BCUT2D eigenvalue weighted by Crippen LogP contribution is 2.32. The van der Waals surface area contributed by atoms with Crippen LogP contribution in [0.4, 0.5) is 5.69 Å². The predicted molar refractivity (Wildman–Crippen MR) is 176 cm³/mol. The molecule has 0 heterocycles. The van der Waals surface area contributed by atoms with Gasteiger partial charge in [-0.05, 0) is 83.6 Å². The number of nitrogens with two attached hydrogens (primary N) is 1. The van der Waals surface area contributed by atoms with Crippen molar-refractivity contribution in [3.05, 3.63) is 119 Å². The molecular weight excluding hydrogens is 568 g/mol. The van der Waals surface area contributed by atoms with Gasteiger partial charge >= 0.3 is 5.97 Å². The Hall–Kier alpha value is -5.44. The van der Waals surface area contributed by atoms with Crippen molar-refractivity contribution >= 4 is 29.3 Å². The maximum Gasteiger partial charge on any atom is 0.339 e. The van der Waals surface area contributed by atoms with Crippen LogP contribution in [0.3, 0.4) is 0 Å². The van der Waals surface area contributed by atoms with E-state index < -0.39 is 11.9 Å². The standard InChI is InChI=1S/C36H38N4O5/c1-22(36(2,3)4)39-33(41)25-13-17-29(31(19-25)35(43)45-21-23-9-7-6-8-10-23)28-18-16-27(44-5)20-30(28)34(42)40-26-14-11-24(12-15-26)32(37)38/h6-20,22H,21H2,1-5H3,(H3,37,38)(H,39,41)(H,40,42). The summed E-state index contributed by atoms with van der Waals surface area (Å²) in [6, 6.07) is 25.4. The Balaban J connectivity index is 1.76. The summed E-state index contributed by atoms with van der Waals surface area (Å²) in [6.07, 6.45) is 0. The van der Waals surface area contributed by atoms with Gasteiger partial charge < -0.3 is 25.8 Å². The average molecular weight is 607 g/mol. The van der Waals surface area contributed by atoms with E-state index >= 15 is 0 Å². The van der Waals surface area contributed by atoms with Crippen molar-refractivity contribution in [3.8, 4) is 16.9 Å². The van der Waals surface area contributed by atoms with Crippen LogP contribution in [0.1, 0.15) is 69.9 Å². The van der Waals surface area contributed by atoms with Crippen LogP contribution >= 0.6 is 0 Å². The summed E-state index contributed by atoms with van der Waals surface area (Å²) >= 11 is 0. The van der Waals surface area contributed by atoms with Gasteiger partial charge in [0, 0.05) is 22.9 Å². The Labute approximate surface area is 263 Å². The van der Waals surface area contributed by atoms with Crippen LogP contribution in [0.25, 0.3) is 11.1 Å². The molecule has 2 amide bonds. The third-order valence-corrected chi connectivity index (χ3v) is 7.58. The van der Waals surface area contributed by atoms with Gasteiger partial charge in [0.2, 0.25) is 0 Å². The minimum atomic E-state index is -0.644. The summed E-state index contributed by atoms with van der Waals surface area (Å²) in [5.74, 6) is -1.07. The van der Waals surface area contributed by atoms with Crippen molar-refractivity contribution < 1.29 is 23.9 Å². The fraction of sp³-hybridized carbons (Fsp3) is 0.222. The molecule has 0 aromatic heterocycles. The number of nitrogens with one attached hydrogen (secondary N) is 3. The van der Waals surface area contributed by atoms with Crippen LogP contribution in [0.15, 0.2) is 91.0 Å². The molecule has 0 aliphatic carbocycles. The summed E-state index contributed by atoms with van der Waals surface area (Å²) in [4.78, 5) is 40.6. The molecule has 9 nitrogen and oxygen atoms in total. The third kappa shape index (κ3) is 8.14. The Bertz CT molecular complexity index is 1710. The van der Waals surface area contributed by atoms with Crippen molar-refractivity contribution in [2.24, 2.45) is 11.1 Å². The van der Waals surface area contributed by atoms with Crippen LogP contribution in [-0.4, -0.2) is 36.8 Å². The monoisotopic (exact) mass is 606 g/mol. The number of carbonyl (C=O) groups is 3. The first kappa shape index (κ1) is 32.5. The van der Waals surface area contributed by atoms with Crippen LogP contribution in [-0.2, 0) is 11.3 Å². The zero-order chi connectivity index (χ0) is 32.7. The van der Waals surface area contributed by atoms with Gasteiger partial charge in [0.15, 0.2) is 0 Å². The van der Waals surface area contributed by atoms with E-state index in [1.54, 1.807) is 54.6 Å². The maximum absolute atomic E-state index is 13.7. The number of rotatable bonds is 10. The summed E-state index contributed by atoms with van der Waals surface area (Å²) in [5, 5.41) is 13.5. The molecule has 4 rings (SSSR count). The van der Waals surface area contributed by atoms with E-state index in [2.05, 4.69) is 10.6 Å². The second-order valence-corrected chi connectivity index (χ2v) is 11.7. The number of anilines is 1. The topological polar surface area (TPSA) is 144 Å². The number of amides is 2. The first-order valence-electron chi connectivity index (χ1n) is 14.5. The molecule has 1 atom stereocenters. The van der Waals surface area contributed by atoms with Crippen molar-refractivity contribution in [1.29, 1.82) is 5.41 Å². The Morgan fingerprint density at radius 3 is 2.07 bits per heavy atom. The summed E-state index contributed by atoms with van der Waals surface area (Å²) in [6.45, 7) is 8.05. The van der Waals surface area contributed by atoms with Crippen LogP contribution in [0, 0.1) is 10.8 Å². The van der Waals surface area contributed by atoms with Gasteiger partial charge in [-0.25, -0.2) is 4.79 Å². The summed E-state index contributed by atoms with van der Waals surface area (Å²) < 4.78 is 11.1. The van der Waals surface area contributed by atoms with Gasteiger partial charge in [-0.2, -0.15) is 0 Å². The van der Waals surface area contributed by atoms with E-state index in [9.17, 15) is 14.4 Å². The van der Waals surface area contributed by atoms with Crippen molar-refractivity contribution in [3.63, 3.8) is 0 Å². The molecule has 1 unspecified atom stereocenters. The molecule has 232 valence electrons. The first-order valence-corrected chi connectivity index (χ1v) is 14.5. The molecular formula is C36H38N4O5. The highest BCUT2D eigenvalue weighted by molar-refractivity contribution is 6.11. The van der Waals surface area contributed by atoms with Crippen LogP contribution < -0.4 is 21.1 Å². The quantitative estimate of drug-likeness (QED) is 0.0932. The lowest BCUT2D eigenvalue weighted by Crippen LogP contribution is -2.41. The average Bonchev–Trinajstić information content (AvgIpc) is 3.03. The molecule has 0 saturated heterocycles.